The third kappa shape index (κ3) is 5.15. The molecule has 2 aromatic carbocycles. The van der Waals surface area contributed by atoms with Gasteiger partial charge < -0.3 is 25.0 Å². The Morgan fingerprint density at radius 3 is 2.34 bits per heavy atom. The second-order valence-corrected chi connectivity index (χ2v) is 8.69. The SMILES string of the molecule is CC(C)[C@@H](NC(=O)C1CCN(C(=O)Nc2ccccc2)CC1)c1ccc2c(c1)OCCO2. The Morgan fingerprint density at radius 2 is 1.66 bits per heavy atom. The van der Waals surface area contributed by atoms with Gasteiger partial charge in [0.25, 0.3) is 0 Å². The molecule has 32 heavy (non-hydrogen) atoms. The first-order valence-corrected chi connectivity index (χ1v) is 11.3. The van der Waals surface area contributed by atoms with Crippen molar-refractivity contribution in [3.63, 3.8) is 0 Å². The molecule has 3 amide bonds. The van der Waals surface area contributed by atoms with Crippen molar-refractivity contribution in [1.29, 1.82) is 0 Å². The molecule has 2 N–H and O–H groups in total. The molecule has 0 aromatic heterocycles. The van der Waals surface area contributed by atoms with Crippen molar-refractivity contribution < 1.29 is 19.1 Å². The Labute approximate surface area is 189 Å². The summed E-state index contributed by atoms with van der Waals surface area (Å²) in [5, 5.41) is 6.15. The van der Waals surface area contributed by atoms with Crippen LogP contribution in [0, 0.1) is 11.8 Å². The lowest BCUT2D eigenvalue weighted by molar-refractivity contribution is -0.127. The summed E-state index contributed by atoms with van der Waals surface area (Å²) in [6, 6.07) is 15.1. The lowest BCUT2D eigenvalue weighted by atomic mass is 9.92. The van der Waals surface area contributed by atoms with Gasteiger partial charge in [0.05, 0.1) is 6.04 Å². The number of piperidine rings is 1. The number of nitrogens with zero attached hydrogens (tertiary/aromatic N) is 1. The van der Waals surface area contributed by atoms with Crippen LogP contribution in [-0.2, 0) is 4.79 Å². The number of nitrogens with one attached hydrogen (secondary N) is 2. The topological polar surface area (TPSA) is 79.9 Å². The molecule has 2 aliphatic rings. The van der Waals surface area contributed by atoms with E-state index >= 15 is 0 Å². The van der Waals surface area contributed by atoms with Gasteiger partial charge in [0, 0.05) is 24.7 Å². The zero-order valence-electron chi connectivity index (χ0n) is 18.7. The maximum atomic E-state index is 13.1. The number of carbonyl (C=O) groups is 2. The number of rotatable bonds is 5. The highest BCUT2D eigenvalue weighted by Crippen LogP contribution is 2.34. The smallest absolute Gasteiger partial charge is 0.321 e. The Kier molecular flexibility index (Phi) is 6.83. The molecular weight excluding hydrogens is 406 g/mol. The van der Waals surface area contributed by atoms with E-state index < -0.39 is 0 Å². The molecule has 1 fully saturated rings. The fourth-order valence-electron chi connectivity index (χ4n) is 4.23. The number of amides is 3. The third-order valence-electron chi connectivity index (χ3n) is 6.07. The van der Waals surface area contributed by atoms with Gasteiger partial charge in [-0.05, 0) is 48.6 Å². The summed E-state index contributed by atoms with van der Waals surface area (Å²) in [6.45, 7) is 6.40. The number of anilines is 1. The summed E-state index contributed by atoms with van der Waals surface area (Å²) in [4.78, 5) is 27.3. The number of likely N-dealkylation sites (tertiary alicyclic amines) is 1. The van der Waals surface area contributed by atoms with Gasteiger partial charge in [-0.1, -0.05) is 38.1 Å². The van der Waals surface area contributed by atoms with Crippen LogP contribution in [0.25, 0.3) is 0 Å². The number of benzene rings is 2. The molecule has 7 heteroatoms. The maximum Gasteiger partial charge on any atom is 0.321 e. The molecule has 4 rings (SSSR count). The van der Waals surface area contributed by atoms with Crippen LogP contribution in [0.2, 0.25) is 0 Å². The van der Waals surface area contributed by atoms with Crippen molar-refractivity contribution in [1.82, 2.24) is 10.2 Å². The van der Waals surface area contributed by atoms with Crippen molar-refractivity contribution in [3.8, 4) is 11.5 Å². The summed E-state index contributed by atoms with van der Waals surface area (Å²) in [7, 11) is 0. The van der Waals surface area contributed by atoms with Crippen LogP contribution in [0.3, 0.4) is 0 Å². The van der Waals surface area contributed by atoms with E-state index in [0.717, 1.165) is 22.7 Å². The number of para-hydroxylation sites is 1. The molecule has 2 aromatic rings. The van der Waals surface area contributed by atoms with E-state index in [4.69, 9.17) is 9.47 Å². The van der Waals surface area contributed by atoms with Gasteiger partial charge in [-0.25, -0.2) is 4.79 Å². The minimum absolute atomic E-state index is 0.0432. The number of hydrogen-bond acceptors (Lipinski definition) is 4. The molecular formula is C25H31N3O4. The van der Waals surface area contributed by atoms with Crippen molar-refractivity contribution in [2.24, 2.45) is 11.8 Å². The van der Waals surface area contributed by atoms with Crippen LogP contribution in [0.1, 0.15) is 38.3 Å². The van der Waals surface area contributed by atoms with Crippen LogP contribution in [0.4, 0.5) is 10.5 Å². The first-order chi connectivity index (χ1) is 15.5. The summed E-state index contributed by atoms with van der Waals surface area (Å²) in [5.74, 6) is 1.63. The van der Waals surface area contributed by atoms with Gasteiger partial charge in [0.15, 0.2) is 11.5 Å². The highest BCUT2D eigenvalue weighted by atomic mass is 16.6. The number of hydrogen-bond donors (Lipinski definition) is 2. The van der Waals surface area contributed by atoms with Gasteiger partial charge in [-0.2, -0.15) is 0 Å². The monoisotopic (exact) mass is 437 g/mol. The van der Waals surface area contributed by atoms with E-state index in [1.54, 1.807) is 4.90 Å². The Bertz CT molecular complexity index is 939. The number of carbonyl (C=O) groups excluding carboxylic acids is 2. The summed E-state index contributed by atoms with van der Waals surface area (Å²) in [6.07, 6.45) is 1.31. The molecule has 0 aliphatic carbocycles. The molecule has 1 saturated heterocycles. The molecule has 0 saturated carbocycles. The summed E-state index contributed by atoms with van der Waals surface area (Å²) >= 11 is 0. The summed E-state index contributed by atoms with van der Waals surface area (Å²) < 4.78 is 11.3. The lowest BCUT2D eigenvalue weighted by Crippen LogP contribution is -2.45. The van der Waals surface area contributed by atoms with Crippen molar-refractivity contribution in [2.75, 3.05) is 31.6 Å². The second kappa shape index (κ2) is 9.94. The molecule has 7 nitrogen and oxygen atoms in total. The van der Waals surface area contributed by atoms with E-state index in [2.05, 4.69) is 24.5 Å². The first-order valence-electron chi connectivity index (χ1n) is 11.3. The predicted octanol–water partition coefficient (Wildman–Crippen LogP) is 4.22. The van der Waals surface area contributed by atoms with Crippen LogP contribution in [0.5, 0.6) is 11.5 Å². The van der Waals surface area contributed by atoms with Crippen LogP contribution < -0.4 is 20.1 Å². The molecule has 2 aliphatic heterocycles. The Balaban J connectivity index is 1.33. The van der Waals surface area contributed by atoms with Crippen LogP contribution >= 0.6 is 0 Å². The van der Waals surface area contributed by atoms with E-state index in [-0.39, 0.29) is 29.8 Å². The Hall–Kier alpha value is -3.22. The van der Waals surface area contributed by atoms with Crippen molar-refractivity contribution in [3.05, 3.63) is 54.1 Å². The number of ether oxygens (including phenoxy) is 2. The van der Waals surface area contributed by atoms with E-state index in [1.165, 1.54) is 0 Å². The van der Waals surface area contributed by atoms with Crippen molar-refractivity contribution >= 4 is 17.6 Å². The second-order valence-electron chi connectivity index (χ2n) is 8.69. The average molecular weight is 438 g/mol. The van der Waals surface area contributed by atoms with Gasteiger partial charge in [0.2, 0.25) is 5.91 Å². The fraction of sp³-hybridized carbons (Fsp3) is 0.440. The quantitative estimate of drug-likeness (QED) is 0.734. The van der Waals surface area contributed by atoms with Gasteiger partial charge in [0.1, 0.15) is 13.2 Å². The Morgan fingerprint density at radius 1 is 0.969 bits per heavy atom. The molecule has 1 atom stereocenters. The summed E-state index contributed by atoms with van der Waals surface area (Å²) in [5.41, 5.74) is 1.79. The van der Waals surface area contributed by atoms with Crippen LogP contribution in [0.15, 0.2) is 48.5 Å². The minimum Gasteiger partial charge on any atom is -0.486 e. The molecule has 0 bridgehead atoms. The van der Waals surface area contributed by atoms with Crippen molar-refractivity contribution in [2.45, 2.75) is 32.7 Å². The zero-order chi connectivity index (χ0) is 22.5. The van der Waals surface area contributed by atoms with Gasteiger partial charge in [-0.3, -0.25) is 4.79 Å². The van der Waals surface area contributed by atoms with Gasteiger partial charge >= 0.3 is 6.03 Å². The first kappa shape index (κ1) is 22.0. The third-order valence-corrected chi connectivity index (χ3v) is 6.07. The molecule has 0 spiro atoms. The maximum absolute atomic E-state index is 13.1. The number of fused-ring (bicyclic) bond motifs is 1. The molecule has 0 radical (unpaired) electrons. The molecule has 0 unspecified atom stereocenters. The van der Waals surface area contributed by atoms with E-state index in [0.29, 0.717) is 39.1 Å². The fourth-order valence-corrected chi connectivity index (χ4v) is 4.23. The van der Waals surface area contributed by atoms with E-state index in [9.17, 15) is 9.59 Å². The lowest BCUT2D eigenvalue weighted by Gasteiger charge is -2.33. The highest BCUT2D eigenvalue weighted by Gasteiger charge is 2.30. The van der Waals surface area contributed by atoms with Gasteiger partial charge in [-0.15, -0.1) is 0 Å². The van der Waals surface area contributed by atoms with E-state index in [1.807, 2.05) is 48.5 Å². The van der Waals surface area contributed by atoms with Crippen LogP contribution in [-0.4, -0.2) is 43.1 Å². The number of urea groups is 1. The standard InChI is InChI=1S/C25H31N3O4/c1-17(2)23(19-8-9-21-22(16-19)32-15-14-31-21)27-24(29)18-10-12-28(13-11-18)25(30)26-20-6-4-3-5-7-20/h3-9,16-18,23H,10-15H2,1-2H3,(H,26,30)(H,27,29)/t23-/m1/s1. The predicted molar refractivity (Wildman–Crippen MR) is 123 cm³/mol. The molecule has 170 valence electrons. The minimum atomic E-state index is -0.119. The normalized spacial score (nSPS) is 17.0. The highest BCUT2D eigenvalue weighted by molar-refractivity contribution is 5.89. The largest absolute Gasteiger partial charge is 0.486 e. The zero-order valence-corrected chi connectivity index (χ0v) is 18.7. The average Bonchev–Trinajstić information content (AvgIpc) is 2.82. The molecule has 2 heterocycles.